The summed E-state index contributed by atoms with van der Waals surface area (Å²) in [5, 5.41) is 0. The third-order valence-electron chi connectivity index (χ3n) is 6.70. The molecule has 4 aromatic carbocycles. The van der Waals surface area contributed by atoms with Crippen molar-refractivity contribution in [3.05, 3.63) is 105 Å². The first-order valence-corrected chi connectivity index (χ1v) is 11.2. The number of benzene rings is 4. The van der Waals surface area contributed by atoms with E-state index in [9.17, 15) is 0 Å². The fourth-order valence-corrected chi connectivity index (χ4v) is 5.67. The molecule has 0 bridgehead atoms. The number of hydrogen-bond acceptors (Lipinski definition) is 0. The number of aryl methyl sites for hydroxylation is 6. The second-order valence-corrected chi connectivity index (χ2v) is 9.36. The Hall–Kier alpha value is -1.66. The van der Waals surface area contributed by atoms with Crippen molar-refractivity contribution >= 4 is 0 Å². The van der Waals surface area contributed by atoms with Gasteiger partial charge in [0.25, 0.3) is 0 Å². The summed E-state index contributed by atoms with van der Waals surface area (Å²) in [6, 6.07) is 24.5. The molecule has 0 spiro atoms. The van der Waals surface area contributed by atoms with Crippen LogP contribution in [0.25, 0.3) is 33.4 Å². The molecule has 0 saturated carbocycles. The van der Waals surface area contributed by atoms with Gasteiger partial charge >= 0.3 is 26.2 Å². The Balaban J connectivity index is 0.00000136. The Labute approximate surface area is 236 Å². The van der Waals surface area contributed by atoms with E-state index < -0.39 is 0 Å². The minimum atomic E-state index is 0. The molecule has 0 unspecified atom stereocenters. The van der Waals surface area contributed by atoms with Crippen molar-refractivity contribution in [2.75, 3.05) is 0 Å². The number of fused-ring (bicyclic) bond motifs is 3. The minimum Gasteiger partial charge on any atom is -1.00 e. The molecule has 0 atom stereocenters. The predicted octanol–water partition coefficient (Wildman–Crippen LogP) is 2.25. The Morgan fingerprint density at radius 2 is 1.09 bits per heavy atom. The molecule has 4 aromatic rings. The van der Waals surface area contributed by atoms with E-state index in [0.717, 1.165) is 6.42 Å². The summed E-state index contributed by atoms with van der Waals surface area (Å²) in [4.78, 5) is 0. The van der Waals surface area contributed by atoms with Crippen LogP contribution in [0, 0.1) is 47.6 Å². The van der Waals surface area contributed by atoms with E-state index >= 15 is 0 Å². The maximum atomic E-state index is 3.78. The summed E-state index contributed by atoms with van der Waals surface area (Å²) >= 11 is 0. The average molecular weight is 564 g/mol. The molecule has 171 valence electrons. The minimum absolute atomic E-state index is 0. The van der Waals surface area contributed by atoms with Crippen LogP contribution in [0.1, 0.15) is 44.5 Å². The summed E-state index contributed by atoms with van der Waals surface area (Å²) in [7, 11) is 0. The zero-order valence-corrected chi connectivity index (χ0v) is 24.6. The van der Waals surface area contributed by atoms with Crippen molar-refractivity contribution in [3.8, 4) is 33.4 Å². The van der Waals surface area contributed by atoms with Crippen LogP contribution in [0.15, 0.2) is 54.6 Å². The molecule has 0 saturated heterocycles. The molecule has 1 radical (unpaired) electrons. The van der Waals surface area contributed by atoms with Gasteiger partial charge in [0.1, 0.15) is 0 Å². The van der Waals surface area contributed by atoms with Crippen molar-refractivity contribution in [2.24, 2.45) is 0 Å². The molecule has 0 amide bonds. The molecule has 0 heterocycles. The molecule has 0 aliphatic heterocycles. The van der Waals surface area contributed by atoms with Crippen LogP contribution in [0.4, 0.5) is 0 Å². The van der Waals surface area contributed by atoms with E-state index in [2.05, 4.69) is 102 Å². The van der Waals surface area contributed by atoms with Gasteiger partial charge in [-0.1, -0.05) is 81.4 Å². The number of hydrogen-bond donors (Lipinski definition) is 0. The molecule has 0 fully saturated rings. The van der Waals surface area contributed by atoms with E-state index in [-0.39, 0.29) is 51.0 Å². The molecular weight excluding hydrogens is 534 g/mol. The Kier molecular flexibility index (Phi) is 9.20. The Morgan fingerprint density at radius 3 is 1.65 bits per heavy atom. The second kappa shape index (κ2) is 10.9. The maximum absolute atomic E-state index is 3.78. The maximum Gasteiger partial charge on any atom is 3.00 e. The van der Waals surface area contributed by atoms with Crippen molar-refractivity contribution in [1.82, 2.24) is 0 Å². The first-order chi connectivity index (χ1) is 14.8. The zero-order valence-electron chi connectivity index (χ0n) is 20.7. The topological polar surface area (TPSA) is 0 Å². The van der Waals surface area contributed by atoms with Gasteiger partial charge in [-0.3, -0.25) is 0 Å². The van der Waals surface area contributed by atoms with Gasteiger partial charge < -0.3 is 24.8 Å². The van der Waals surface area contributed by atoms with Crippen molar-refractivity contribution in [3.63, 3.8) is 0 Å². The monoisotopic (exact) mass is 561 g/mol. The van der Waals surface area contributed by atoms with E-state index in [0.29, 0.717) is 0 Å². The van der Waals surface area contributed by atoms with Gasteiger partial charge in [-0.25, -0.2) is 0 Å². The molecule has 1 aliphatic rings. The zero-order chi connectivity index (χ0) is 21.9. The number of rotatable bonds is 2. The third kappa shape index (κ3) is 4.99. The average Bonchev–Trinajstić information content (AvgIpc) is 3.03. The van der Waals surface area contributed by atoms with Crippen LogP contribution in [0.2, 0.25) is 0 Å². The fourth-order valence-electron chi connectivity index (χ4n) is 5.67. The molecule has 5 rings (SSSR count). The molecule has 34 heavy (non-hydrogen) atoms. The van der Waals surface area contributed by atoms with E-state index in [1.807, 2.05) is 0 Å². The Bertz CT molecular complexity index is 1220. The van der Waals surface area contributed by atoms with Crippen LogP contribution < -0.4 is 24.8 Å². The molecule has 0 nitrogen and oxygen atoms in total. The van der Waals surface area contributed by atoms with Crippen LogP contribution in [-0.2, 0) is 32.6 Å². The summed E-state index contributed by atoms with van der Waals surface area (Å²) < 4.78 is 0. The van der Waals surface area contributed by atoms with Gasteiger partial charge in [0.05, 0.1) is 0 Å². The Morgan fingerprint density at radius 1 is 0.588 bits per heavy atom. The second-order valence-electron chi connectivity index (χ2n) is 9.36. The molecule has 0 N–H and O–H groups in total. The summed E-state index contributed by atoms with van der Waals surface area (Å²) in [5.74, 6) is 0. The van der Waals surface area contributed by atoms with Crippen molar-refractivity contribution in [2.45, 2.75) is 48.0 Å². The standard InChI is InChI=1S/C31H29.2ClH.Zr/c1-18-11-20(3)30(21(4)12-18)24-7-9-28-26(15-24)17-27-16-25(8-10-29(27)28)31-22(5)13-19(2)14-23(31)6;;;/h7-15H,17H2,1-6H3;2*1H;/q-1;;;+3/p-2. The number of halogens is 2. The third-order valence-corrected chi connectivity index (χ3v) is 6.70. The first-order valence-electron chi connectivity index (χ1n) is 11.2. The fraction of sp³-hybridized carbons (Fsp3) is 0.226. The normalized spacial score (nSPS) is 11.0. The summed E-state index contributed by atoms with van der Waals surface area (Å²) in [5.41, 5.74) is 18.7. The molecule has 0 aromatic heterocycles. The van der Waals surface area contributed by atoms with Gasteiger partial charge in [0.15, 0.2) is 0 Å². The quantitative estimate of drug-likeness (QED) is 0.289. The molecule has 3 heteroatoms. The van der Waals surface area contributed by atoms with Gasteiger partial charge in [-0.2, -0.15) is 0 Å². The van der Waals surface area contributed by atoms with Crippen LogP contribution in [0.3, 0.4) is 0 Å². The predicted molar refractivity (Wildman–Crippen MR) is 133 cm³/mol. The molecule has 1 aliphatic carbocycles. The molecular formula is C31H29Cl2Zr. The van der Waals surface area contributed by atoms with Gasteiger partial charge in [0.2, 0.25) is 0 Å². The smallest absolute Gasteiger partial charge is 1.00 e. The van der Waals surface area contributed by atoms with Crippen molar-refractivity contribution < 1.29 is 51.0 Å². The van der Waals surface area contributed by atoms with Crippen LogP contribution in [-0.4, -0.2) is 0 Å². The van der Waals surface area contributed by atoms with Gasteiger partial charge in [-0.15, -0.1) is 29.3 Å². The largest absolute Gasteiger partial charge is 3.00 e. The SMILES string of the molecule is Cc1cc(C)c(-c2[c-]c3c(cc2)-c2ccc(-c4c(C)cc(C)cc4C)cc2C3)c(C)c1.[Cl-].[Cl-].[Zr+3]. The van der Waals surface area contributed by atoms with Gasteiger partial charge in [-0.05, 0) is 75.8 Å². The van der Waals surface area contributed by atoms with Crippen molar-refractivity contribution in [1.29, 1.82) is 0 Å². The van der Waals surface area contributed by atoms with Crippen LogP contribution >= 0.6 is 0 Å². The van der Waals surface area contributed by atoms with E-state index in [1.54, 1.807) is 0 Å². The van der Waals surface area contributed by atoms with Crippen LogP contribution in [0.5, 0.6) is 0 Å². The summed E-state index contributed by atoms with van der Waals surface area (Å²) in [6.07, 6.45) is 0.959. The summed E-state index contributed by atoms with van der Waals surface area (Å²) in [6.45, 7) is 13.2. The van der Waals surface area contributed by atoms with E-state index in [4.69, 9.17) is 0 Å². The van der Waals surface area contributed by atoms with Gasteiger partial charge in [0, 0.05) is 0 Å². The van der Waals surface area contributed by atoms with E-state index in [1.165, 1.54) is 77.9 Å². The first kappa shape index (κ1) is 28.6.